The van der Waals surface area contributed by atoms with Crippen LogP contribution in [-0.4, -0.2) is 9.97 Å². The minimum Gasteiger partial charge on any atom is -0.246 e. The lowest BCUT2D eigenvalue weighted by Crippen LogP contribution is -1.71. The Morgan fingerprint density at radius 2 is 0.885 bits per heavy atom. The molecule has 0 saturated heterocycles. The van der Waals surface area contributed by atoms with Crippen LogP contribution in [0.3, 0.4) is 0 Å². The van der Waals surface area contributed by atoms with Gasteiger partial charge in [-0.15, -0.1) is 0 Å². The second-order valence-corrected chi connectivity index (χ2v) is 5.34. The van der Waals surface area contributed by atoms with E-state index in [2.05, 4.69) is 58.5 Å². The molecule has 0 radical (unpaired) electrons. The van der Waals surface area contributed by atoms with E-state index in [4.69, 9.17) is 0 Å². The number of hydrogen-bond donors (Lipinski definition) is 0. The van der Waals surface area contributed by atoms with Gasteiger partial charge in [-0.05, 0) is 60.7 Å². The van der Waals surface area contributed by atoms with E-state index in [0.29, 0.717) is 11.0 Å². The number of rotatable bonds is 0. The van der Waals surface area contributed by atoms with Crippen LogP contribution < -0.4 is 0 Å². The molecule has 2 heteroatoms. The number of nitrogens with zero attached hydrogens (tertiary/aromatic N) is 2. The van der Waals surface area contributed by atoms with Crippen molar-refractivity contribution >= 4 is 32.6 Å². The zero-order valence-electron chi connectivity index (χ0n) is 13.7. The van der Waals surface area contributed by atoms with Gasteiger partial charge >= 0.3 is 0 Å². The lowest BCUT2D eigenvalue weighted by Gasteiger charge is -1.86. The Bertz CT molecular complexity index is 1100. The van der Waals surface area contributed by atoms with Gasteiger partial charge < -0.3 is 0 Å². The van der Waals surface area contributed by atoms with Crippen molar-refractivity contribution in [2.45, 2.75) is 0 Å². The van der Waals surface area contributed by atoms with E-state index in [-0.39, 0.29) is 0 Å². The summed E-state index contributed by atoms with van der Waals surface area (Å²) in [5.74, 6) is 0. The van der Waals surface area contributed by atoms with E-state index < -0.39 is 0 Å². The molecule has 4 rings (SSSR count). The van der Waals surface area contributed by atoms with Gasteiger partial charge in [-0.3, -0.25) is 0 Å². The average Bonchev–Trinajstić information content (AvgIpc) is 2.69. The summed E-state index contributed by atoms with van der Waals surface area (Å²) in [7, 11) is 0. The first-order valence-corrected chi connectivity index (χ1v) is 7.95. The highest BCUT2D eigenvalue weighted by atomic mass is 14.6. The number of hydrogen-bond acceptors (Lipinski definition) is 2. The van der Waals surface area contributed by atoms with E-state index in [0.717, 1.165) is 21.5 Å². The summed E-state index contributed by atoms with van der Waals surface area (Å²) in [6.07, 6.45) is 3.39. The number of benzene rings is 1. The topological polar surface area (TPSA) is 25.8 Å². The number of pyridine rings is 2. The third-order valence-corrected chi connectivity index (χ3v) is 3.63. The van der Waals surface area contributed by atoms with Gasteiger partial charge in [0.1, 0.15) is 11.0 Å². The SMILES string of the molecule is c1c#cc2ncccc2c#cc2ccccc2c#cc2cccnc2c#1. The Hall–Kier alpha value is -4.24. The minimum atomic E-state index is 0.608. The van der Waals surface area contributed by atoms with Gasteiger partial charge in [0.25, 0.3) is 0 Å². The molecule has 2 nitrogen and oxygen atoms in total. The molecule has 0 saturated carbocycles. The predicted octanol–water partition coefficient (Wildman–Crippen LogP) is 4.59. The Labute approximate surface area is 152 Å². The van der Waals surface area contributed by atoms with Gasteiger partial charge in [0.15, 0.2) is 0 Å². The second kappa shape index (κ2) is 7.11. The zero-order chi connectivity index (χ0) is 17.6. The summed E-state index contributed by atoms with van der Waals surface area (Å²) in [4.78, 5) is 8.60. The van der Waals surface area contributed by atoms with Crippen molar-refractivity contribution in [3.05, 3.63) is 109 Å². The molecular weight excluding hydrogens is 316 g/mol. The first kappa shape index (κ1) is 15.3. The number of aromatic nitrogens is 2. The Morgan fingerprint density at radius 3 is 1.38 bits per heavy atom. The molecule has 0 aliphatic carbocycles. The molecular formula is C24H10N2. The standard InChI is InChI=1S/C24H10N2/c1-2-8-20-14-16-22-10-6-18-26-24(22)12-4-3-11-23-21(9-5-17-25-23)15-13-19(20)7-1/h1-2,5-10,17-18H. The molecule has 0 fully saturated rings. The van der Waals surface area contributed by atoms with Crippen LogP contribution in [0.1, 0.15) is 0 Å². The van der Waals surface area contributed by atoms with Gasteiger partial charge in [-0.25, -0.2) is 9.97 Å². The quantitative estimate of drug-likeness (QED) is 0.472. The summed E-state index contributed by atoms with van der Waals surface area (Å²) in [6.45, 7) is 0. The largest absolute Gasteiger partial charge is 0.246 e. The highest BCUT2D eigenvalue weighted by molar-refractivity contribution is 5.80. The van der Waals surface area contributed by atoms with E-state index in [1.807, 2.05) is 48.5 Å². The molecule has 0 unspecified atom stereocenters. The lowest BCUT2D eigenvalue weighted by molar-refractivity contribution is 1.42. The molecule has 0 atom stereocenters. The first-order valence-electron chi connectivity index (χ1n) is 7.95. The van der Waals surface area contributed by atoms with Crippen molar-refractivity contribution in [3.63, 3.8) is 0 Å². The van der Waals surface area contributed by atoms with Crippen molar-refractivity contribution in [1.82, 2.24) is 9.97 Å². The van der Waals surface area contributed by atoms with E-state index in [1.54, 1.807) is 12.4 Å². The average molecular weight is 326 g/mol. The van der Waals surface area contributed by atoms with Gasteiger partial charge in [0.05, 0.1) is 10.8 Å². The van der Waals surface area contributed by atoms with Gasteiger partial charge in [0, 0.05) is 23.2 Å². The van der Waals surface area contributed by atoms with E-state index in [1.165, 1.54) is 0 Å². The van der Waals surface area contributed by atoms with Gasteiger partial charge in [0.2, 0.25) is 0 Å². The highest BCUT2D eigenvalue weighted by Crippen LogP contribution is 2.07. The van der Waals surface area contributed by atoms with Crippen molar-refractivity contribution < 1.29 is 0 Å². The maximum Gasteiger partial charge on any atom is 0.129 e. The molecule has 2 aromatic heterocycles. The van der Waals surface area contributed by atoms with Gasteiger partial charge in [-0.1, -0.05) is 36.4 Å². The first-order chi connectivity index (χ1) is 12.9. The zero-order valence-corrected chi connectivity index (χ0v) is 13.7. The molecule has 0 N–H and O–H groups in total. The predicted molar refractivity (Wildman–Crippen MR) is 100 cm³/mol. The van der Waals surface area contributed by atoms with Crippen molar-refractivity contribution in [3.8, 4) is 0 Å². The third kappa shape index (κ3) is 3.32. The minimum absolute atomic E-state index is 0.608. The normalized spacial score (nSPS) is 9.08. The Balaban J connectivity index is 2.13. The summed E-state index contributed by atoms with van der Waals surface area (Å²) in [5, 5.41) is 3.24. The monoisotopic (exact) mass is 326 g/mol. The Morgan fingerprint density at radius 1 is 0.462 bits per heavy atom. The van der Waals surface area contributed by atoms with E-state index >= 15 is 0 Å². The molecule has 2 heterocycles. The Kier molecular flexibility index (Phi) is 4.18. The van der Waals surface area contributed by atoms with Crippen LogP contribution in [-0.2, 0) is 0 Å². The maximum absolute atomic E-state index is 4.30. The molecule has 0 spiro atoms. The molecule has 0 amide bonds. The van der Waals surface area contributed by atoms with Gasteiger partial charge in [-0.2, -0.15) is 0 Å². The van der Waals surface area contributed by atoms with Crippen molar-refractivity contribution in [1.29, 1.82) is 0 Å². The smallest absolute Gasteiger partial charge is 0.129 e. The number of fused-ring (bicyclic) bond motifs is 3. The van der Waals surface area contributed by atoms with Crippen LogP contribution in [0.2, 0.25) is 0 Å². The fraction of sp³-hybridized carbons (Fsp3) is 0. The van der Waals surface area contributed by atoms with Crippen LogP contribution in [0.25, 0.3) is 32.6 Å². The summed E-state index contributed by atoms with van der Waals surface area (Å²) >= 11 is 0. The molecule has 26 heavy (non-hydrogen) atoms. The van der Waals surface area contributed by atoms with Crippen LogP contribution in [0.5, 0.6) is 0 Å². The molecule has 0 aliphatic rings. The van der Waals surface area contributed by atoms with Crippen LogP contribution in [0.4, 0.5) is 0 Å². The summed E-state index contributed by atoms with van der Waals surface area (Å²) in [6, 6.07) is 39.5. The molecule has 4 aromatic rings. The summed E-state index contributed by atoms with van der Waals surface area (Å²) in [5.41, 5.74) is 1.22. The highest BCUT2D eigenvalue weighted by Gasteiger charge is 1.88. The summed E-state index contributed by atoms with van der Waals surface area (Å²) < 4.78 is 0. The van der Waals surface area contributed by atoms with Crippen molar-refractivity contribution in [2.75, 3.05) is 0 Å². The lowest BCUT2D eigenvalue weighted by atomic mass is 10.2. The van der Waals surface area contributed by atoms with E-state index in [9.17, 15) is 0 Å². The van der Waals surface area contributed by atoms with Crippen LogP contribution in [0.15, 0.2) is 60.9 Å². The fourth-order valence-corrected chi connectivity index (χ4v) is 2.36. The third-order valence-electron chi connectivity index (χ3n) is 3.63. The molecule has 0 aliphatic heterocycles. The molecule has 0 bridgehead atoms. The molecule has 2 aromatic carbocycles. The van der Waals surface area contributed by atoms with Crippen LogP contribution >= 0.6 is 0 Å². The second-order valence-electron chi connectivity index (χ2n) is 5.34. The fourth-order valence-electron chi connectivity index (χ4n) is 2.36. The van der Waals surface area contributed by atoms with Crippen LogP contribution in [0, 0.1) is 48.5 Å². The molecule has 116 valence electrons. The van der Waals surface area contributed by atoms with Crippen molar-refractivity contribution in [2.24, 2.45) is 0 Å². The maximum atomic E-state index is 4.30.